The highest BCUT2D eigenvalue weighted by Crippen LogP contribution is 1.96. The topological polar surface area (TPSA) is 94.9 Å². The van der Waals surface area contributed by atoms with Crippen molar-refractivity contribution in [2.75, 3.05) is 6.54 Å². The number of carbonyl (C=O) groups is 1. The molecule has 0 fully saturated rings. The second kappa shape index (κ2) is 4.51. The molecule has 0 aliphatic heterocycles. The summed E-state index contributed by atoms with van der Waals surface area (Å²) in [6, 6.07) is 0. The summed E-state index contributed by atoms with van der Waals surface area (Å²) >= 11 is 0. The molecule has 1 heterocycles. The van der Waals surface area contributed by atoms with Gasteiger partial charge in [-0.3, -0.25) is 4.79 Å². The van der Waals surface area contributed by atoms with E-state index < -0.39 is 5.91 Å². The van der Waals surface area contributed by atoms with Crippen molar-refractivity contribution in [1.82, 2.24) is 9.97 Å². The van der Waals surface area contributed by atoms with Crippen LogP contribution in [0.3, 0.4) is 0 Å². The van der Waals surface area contributed by atoms with Gasteiger partial charge in [-0.05, 0) is 18.5 Å². The molecule has 0 aromatic carbocycles. The average Bonchev–Trinajstić information content (AvgIpc) is 2.08. The van der Waals surface area contributed by atoms with Gasteiger partial charge in [-0.15, -0.1) is 0 Å². The third kappa shape index (κ3) is 3.16. The molecule has 1 amide bonds. The Bertz CT molecular complexity index is 283. The zero-order valence-corrected chi connectivity index (χ0v) is 7.23. The lowest BCUT2D eigenvalue weighted by Gasteiger charge is -1.98. The Labute approximate surface area is 76.2 Å². The standard InChI is InChI=1S/C8H12N4O/c9-2-1-6-4-11-8(12-5-6)3-7(10)13/h4-5H,1-3,9H2,(H2,10,13). The van der Waals surface area contributed by atoms with Crippen LogP contribution in [0.2, 0.25) is 0 Å². The van der Waals surface area contributed by atoms with E-state index in [-0.39, 0.29) is 6.42 Å². The summed E-state index contributed by atoms with van der Waals surface area (Å²) < 4.78 is 0. The first-order chi connectivity index (χ1) is 6.22. The van der Waals surface area contributed by atoms with Crippen LogP contribution >= 0.6 is 0 Å². The summed E-state index contributed by atoms with van der Waals surface area (Å²) in [7, 11) is 0. The molecule has 1 aromatic heterocycles. The number of nitrogens with two attached hydrogens (primary N) is 2. The van der Waals surface area contributed by atoms with Crippen LogP contribution in [0.4, 0.5) is 0 Å². The molecule has 13 heavy (non-hydrogen) atoms. The summed E-state index contributed by atoms with van der Waals surface area (Å²) in [5.41, 5.74) is 11.3. The number of aromatic nitrogens is 2. The van der Waals surface area contributed by atoms with Gasteiger partial charge in [0.1, 0.15) is 5.82 Å². The zero-order chi connectivity index (χ0) is 9.68. The summed E-state index contributed by atoms with van der Waals surface area (Å²) in [4.78, 5) is 18.4. The van der Waals surface area contributed by atoms with Crippen molar-refractivity contribution in [1.29, 1.82) is 0 Å². The van der Waals surface area contributed by atoms with Gasteiger partial charge in [-0.2, -0.15) is 0 Å². The van der Waals surface area contributed by atoms with Crippen molar-refractivity contribution in [3.8, 4) is 0 Å². The Kier molecular flexibility index (Phi) is 3.33. The zero-order valence-electron chi connectivity index (χ0n) is 7.23. The normalized spacial score (nSPS) is 9.92. The molecule has 1 rings (SSSR count). The predicted octanol–water partition coefficient (Wildman–Crippen LogP) is -0.994. The minimum Gasteiger partial charge on any atom is -0.369 e. The van der Waals surface area contributed by atoms with Crippen LogP contribution in [0.5, 0.6) is 0 Å². The van der Waals surface area contributed by atoms with E-state index in [0.717, 1.165) is 12.0 Å². The van der Waals surface area contributed by atoms with Crippen molar-refractivity contribution in [3.05, 3.63) is 23.8 Å². The number of primary amides is 1. The monoisotopic (exact) mass is 180 g/mol. The molecule has 0 aliphatic rings. The molecular formula is C8H12N4O. The van der Waals surface area contributed by atoms with E-state index in [1.807, 2.05) is 0 Å². The van der Waals surface area contributed by atoms with Gasteiger partial charge in [0.2, 0.25) is 5.91 Å². The van der Waals surface area contributed by atoms with E-state index >= 15 is 0 Å². The Morgan fingerprint density at radius 2 is 2.00 bits per heavy atom. The number of nitrogens with zero attached hydrogens (tertiary/aromatic N) is 2. The average molecular weight is 180 g/mol. The van der Waals surface area contributed by atoms with E-state index in [1.165, 1.54) is 0 Å². The molecule has 5 nitrogen and oxygen atoms in total. The van der Waals surface area contributed by atoms with E-state index in [2.05, 4.69) is 9.97 Å². The maximum Gasteiger partial charge on any atom is 0.225 e. The lowest BCUT2D eigenvalue weighted by molar-refractivity contribution is -0.117. The van der Waals surface area contributed by atoms with Gasteiger partial charge in [-0.1, -0.05) is 0 Å². The number of carbonyl (C=O) groups excluding carboxylic acids is 1. The predicted molar refractivity (Wildman–Crippen MR) is 47.7 cm³/mol. The van der Waals surface area contributed by atoms with Crippen LogP contribution in [0.1, 0.15) is 11.4 Å². The van der Waals surface area contributed by atoms with Gasteiger partial charge in [0.05, 0.1) is 6.42 Å². The Balaban J connectivity index is 2.64. The highest BCUT2D eigenvalue weighted by Gasteiger charge is 2.00. The van der Waals surface area contributed by atoms with Gasteiger partial charge >= 0.3 is 0 Å². The van der Waals surface area contributed by atoms with Crippen LogP contribution in [-0.4, -0.2) is 22.4 Å². The Morgan fingerprint density at radius 3 is 2.46 bits per heavy atom. The third-order valence-electron chi connectivity index (χ3n) is 1.52. The molecule has 0 radical (unpaired) electrons. The highest BCUT2D eigenvalue weighted by molar-refractivity contribution is 5.75. The smallest absolute Gasteiger partial charge is 0.225 e. The fourth-order valence-electron chi connectivity index (χ4n) is 0.924. The quantitative estimate of drug-likeness (QED) is 0.621. The van der Waals surface area contributed by atoms with Gasteiger partial charge in [0, 0.05) is 12.4 Å². The molecule has 1 aromatic rings. The van der Waals surface area contributed by atoms with Gasteiger partial charge in [-0.25, -0.2) is 9.97 Å². The first kappa shape index (κ1) is 9.60. The first-order valence-electron chi connectivity index (χ1n) is 4.00. The van der Waals surface area contributed by atoms with Crippen LogP contribution in [0.15, 0.2) is 12.4 Å². The molecule has 0 aliphatic carbocycles. The second-order valence-corrected chi connectivity index (χ2v) is 2.69. The minimum atomic E-state index is -0.424. The van der Waals surface area contributed by atoms with Crippen molar-refractivity contribution < 1.29 is 4.79 Å². The Morgan fingerprint density at radius 1 is 1.38 bits per heavy atom. The molecule has 0 saturated carbocycles. The SMILES string of the molecule is NCCc1cnc(CC(N)=O)nc1. The van der Waals surface area contributed by atoms with Crippen molar-refractivity contribution in [3.63, 3.8) is 0 Å². The summed E-state index contributed by atoms with van der Waals surface area (Å²) in [5, 5.41) is 0. The molecule has 0 saturated heterocycles. The maximum atomic E-state index is 10.5. The molecule has 5 heteroatoms. The lowest BCUT2D eigenvalue weighted by atomic mass is 10.2. The molecule has 0 atom stereocenters. The maximum absolute atomic E-state index is 10.5. The fraction of sp³-hybridized carbons (Fsp3) is 0.375. The van der Waals surface area contributed by atoms with Crippen LogP contribution in [0.25, 0.3) is 0 Å². The molecular weight excluding hydrogens is 168 g/mol. The molecule has 4 N–H and O–H groups in total. The van der Waals surface area contributed by atoms with Crippen LogP contribution in [-0.2, 0) is 17.6 Å². The largest absolute Gasteiger partial charge is 0.369 e. The fourth-order valence-corrected chi connectivity index (χ4v) is 0.924. The minimum absolute atomic E-state index is 0.0862. The van der Waals surface area contributed by atoms with Gasteiger partial charge in [0.25, 0.3) is 0 Å². The summed E-state index contributed by atoms with van der Waals surface area (Å²) in [5.74, 6) is 0.0276. The number of hydrogen-bond donors (Lipinski definition) is 2. The molecule has 70 valence electrons. The van der Waals surface area contributed by atoms with Crippen molar-refractivity contribution in [2.45, 2.75) is 12.8 Å². The first-order valence-corrected chi connectivity index (χ1v) is 4.00. The van der Waals surface area contributed by atoms with Gasteiger partial charge < -0.3 is 11.5 Å². The second-order valence-electron chi connectivity index (χ2n) is 2.69. The summed E-state index contributed by atoms with van der Waals surface area (Å²) in [6.07, 6.45) is 4.16. The highest BCUT2D eigenvalue weighted by atomic mass is 16.1. The lowest BCUT2D eigenvalue weighted by Crippen LogP contribution is -2.15. The summed E-state index contributed by atoms with van der Waals surface area (Å²) in [6.45, 7) is 0.568. The number of hydrogen-bond acceptors (Lipinski definition) is 4. The van der Waals surface area contributed by atoms with E-state index in [9.17, 15) is 4.79 Å². The molecule has 0 bridgehead atoms. The van der Waals surface area contributed by atoms with E-state index in [4.69, 9.17) is 11.5 Å². The number of rotatable bonds is 4. The van der Waals surface area contributed by atoms with E-state index in [0.29, 0.717) is 12.4 Å². The van der Waals surface area contributed by atoms with Crippen LogP contribution in [0, 0.1) is 0 Å². The van der Waals surface area contributed by atoms with E-state index in [1.54, 1.807) is 12.4 Å². The van der Waals surface area contributed by atoms with Crippen molar-refractivity contribution >= 4 is 5.91 Å². The molecule has 0 unspecified atom stereocenters. The third-order valence-corrected chi connectivity index (χ3v) is 1.52. The van der Waals surface area contributed by atoms with Gasteiger partial charge in [0.15, 0.2) is 0 Å². The number of amides is 1. The van der Waals surface area contributed by atoms with Crippen molar-refractivity contribution in [2.24, 2.45) is 11.5 Å². The van der Waals surface area contributed by atoms with Crippen LogP contribution < -0.4 is 11.5 Å². The molecule has 0 spiro atoms. The Hall–Kier alpha value is -1.49.